The van der Waals surface area contributed by atoms with Crippen molar-refractivity contribution in [1.82, 2.24) is 9.88 Å². The van der Waals surface area contributed by atoms with Crippen LogP contribution >= 0.6 is 0 Å². The largest absolute Gasteiger partial charge is 0.481 e. The number of hydrogen-bond donors (Lipinski definition) is 1. The van der Waals surface area contributed by atoms with Gasteiger partial charge in [-0.2, -0.15) is 0 Å². The topological polar surface area (TPSA) is 68.5 Å². The van der Waals surface area contributed by atoms with Crippen molar-refractivity contribution in [3.63, 3.8) is 0 Å². The van der Waals surface area contributed by atoms with E-state index < -0.39 is 0 Å². The van der Waals surface area contributed by atoms with E-state index in [2.05, 4.69) is 4.98 Å². The first kappa shape index (κ1) is 12.4. The van der Waals surface area contributed by atoms with Crippen LogP contribution in [-0.4, -0.2) is 35.0 Å². The maximum Gasteiger partial charge on any atom is 0.223 e. The van der Waals surface area contributed by atoms with Gasteiger partial charge in [-0.05, 0) is 30.9 Å². The Balaban J connectivity index is 1.90. The number of ether oxygens (including phenoxy) is 1. The van der Waals surface area contributed by atoms with Crippen LogP contribution in [0.5, 0.6) is 5.88 Å². The van der Waals surface area contributed by atoms with Crippen LogP contribution < -0.4 is 10.5 Å². The number of nitrogens with two attached hydrogens (primary N) is 1. The van der Waals surface area contributed by atoms with Crippen LogP contribution in [0.4, 0.5) is 0 Å². The molecule has 2 fully saturated rings. The highest BCUT2D eigenvalue weighted by molar-refractivity contribution is 5.78. The summed E-state index contributed by atoms with van der Waals surface area (Å²) in [5, 5.41) is 0. The Morgan fingerprint density at radius 3 is 2.74 bits per heavy atom. The monoisotopic (exact) mass is 261 g/mol. The molecule has 2 atom stereocenters. The average molecular weight is 261 g/mol. The van der Waals surface area contributed by atoms with Gasteiger partial charge in [-0.15, -0.1) is 0 Å². The molecule has 1 aliphatic carbocycles. The molecule has 0 spiro atoms. The van der Waals surface area contributed by atoms with E-state index in [4.69, 9.17) is 10.5 Å². The van der Waals surface area contributed by atoms with E-state index in [9.17, 15) is 4.79 Å². The van der Waals surface area contributed by atoms with Gasteiger partial charge in [0.05, 0.1) is 13.2 Å². The summed E-state index contributed by atoms with van der Waals surface area (Å²) in [4.78, 5) is 18.4. The minimum Gasteiger partial charge on any atom is -0.481 e. The lowest BCUT2D eigenvalue weighted by atomic mass is 9.91. The molecule has 5 heteroatoms. The van der Waals surface area contributed by atoms with Crippen LogP contribution in [0.15, 0.2) is 18.3 Å². The molecular formula is C14H19N3O2. The molecule has 2 unspecified atom stereocenters. The van der Waals surface area contributed by atoms with Crippen molar-refractivity contribution in [3.8, 4) is 5.88 Å². The van der Waals surface area contributed by atoms with E-state index in [1.54, 1.807) is 13.3 Å². The third-order valence-corrected chi connectivity index (χ3v) is 3.93. The Bertz CT molecular complexity index is 470. The molecule has 2 heterocycles. The lowest BCUT2D eigenvalue weighted by Gasteiger charge is -2.40. The molecule has 2 N–H and O–H groups in total. The summed E-state index contributed by atoms with van der Waals surface area (Å²) in [6.45, 7) is 0. The van der Waals surface area contributed by atoms with E-state index in [0.29, 0.717) is 18.3 Å². The fourth-order valence-electron chi connectivity index (χ4n) is 2.82. The van der Waals surface area contributed by atoms with Crippen LogP contribution in [0.3, 0.4) is 0 Å². The van der Waals surface area contributed by atoms with E-state index in [1.807, 2.05) is 17.0 Å². The molecule has 1 saturated heterocycles. The van der Waals surface area contributed by atoms with Crippen LogP contribution in [0.1, 0.15) is 37.3 Å². The SMILES string of the molecule is COc1ccc(C2C(N)CCC(=O)N2C2CC2)cn1. The lowest BCUT2D eigenvalue weighted by Crippen LogP contribution is -2.49. The van der Waals surface area contributed by atoms with Crippen molar-refractivity contribution < 1.29 is 9.53 Å². The molecule has 0 bridgehead atoms. The maximum absolute atomic E-state index is 12.2. The van der Waals surface area contributed by atoms with Crippen molar-refractivity contribution >= 4 is 5.91 Å². The fourth-order valence-corrected chi connectivity index (χ4v) is 2.82. The van der Waals surface area contributed by atoms with Crippen molar-refractivity contribution in [1.29, 1.82) is 0 Å². The predicted octanol–water partition coefficient (Wildman–Crippen LogP) is 1.24. The van der Waals surface area contributed by atoms with Crippen molar-refractivity contribution in [2.24, 2.45) is 5.73 Å². The number of pyridine rings is 1. The number of likely N-dealkylation sites (tertiary alicyclic amines) is 1. The van der Waals surface area contributed by atoms with Gasteiger partial charge in [0.25, 0.3) is 0 Å². The zero-order valence-electron chi connectivity index (χ0n) is 11.1. The number of carbonyl (C=O) groups excluding carboxylic acids is 1. The average Bonchev–Trinajstić information content (AvgIpc) is 3.25. The number of methoxy groups -OCH3 is 1. The summed E-state index contributed by atoms with van der Waals surface area (Å²) in [7, 11) is 1.59. The number of nitrogens with zero attached hydrogens (tertiary/aromatic N) is 2. The third kappa shape index (κ3) is 2.30. The molecule has 0 aromatic carbocycles. The molecule has 1 aromatic heterocycles. The van der Waals surface area contributed by atoms with Gasteiger partial charge < -0.3 is 15.4 Å². The molecule has 19 heavy (non-hydrogen) atoms. The predicted molar refractivity (Wildman–Crippen MR) is 70.6 cm³/mol. The highest BCUT2D eigenvalue weighted by Gasteiger charge is 2.43. The van der Waals surface area contributed by atoms with Gasteiger partial charge in [-0.25, -0.2) is 4.98 Å². The van der Waals surface area contributed by atoms with Crippen LogP contribution in [0.2, 0.25) is 0 Å². The van der Waals surface area contributed by atoms with Crippen molar-refractivity contribution in [2.75, 3.05) is 7.11 Å². The first-order valence-corrected chi connectivity index (χ1v) is 6.77. The van der Waals surface area contributed by atoms with Gasteiger partial charge >= 0.3 is 0 Å². The molecule has 0 radical (unpaired) electrons. The summed E-state index contributed by atoms with van der Waals surface area (Å²) in [6, 6.07) is 4.13. The number of rotatable bonds is 3. The molecule has 3 rings (SSSR count). The molecule has 1 aromatic rings. The normalized spacial score (nSPS) is 27.5. The Labute approximate surface area is 112 Å². The van der Waals surface area contributed by atoms with E-state index in [1.165, 1.54) is 0 Å². The lowest BCUT2D eigenvalue weighted by molar-refractivity contribution is -0.138. The number of amides is 1. The molecule has 2 aliphatic rings. The fraction of sp³-hybridized carbons (Fsp3) is 0.571. The highest BCUT2D eigenvalue weighted by atomic mass is 16.5. The zero-order chi connectivity index (χ0) is 13.4. The first-order valence-electron chi connectivity index (χ1n) is 6.77. The first-order chi connectivity index (χ1) is 9.20. The van der Waals surface area contributed by atoms with Gasteiger partial charge in [-0.3, -0.25) is 4.79 Å². The summed E-state index contributed by atoms with van der Waals surface area (Å²) in [6.07, 6.45) is 5.28. The Morgan fingerprint density at radius 1 is 1.37 bits per heavy atom. The maximum atomic E-state index is 12.2. The summed E-state index contributed by atoms with van der Waals surface area (Å²) in [5.41, 5.74) is 7.25. The minimum atomic E-state index is -0.0350. The Hall–Kier alpha value is -1.62. The van der Waals surface area contributed by atoms with Gasteiger partial charge in [-0.1, -0.05) is 0 Å². The van der Waals surface area contributed by atoms with E-state index in [0.717, 1.165) is 24.8 Å². The summed E-state index contributed by atoms with van der Waals surface area (Å²) < 4.78 is 5.07. The summed E-state index contributed by atoms with van der Waals surface area (Å²) in [5.74, 6) is 0.808. The molecular weight excluding hydrogens is 242 g/mol. The highest BCUT2D eigenvalue weighted by Crippen LogP contribution is 2.39. The van der Waals surface area contributed by atoms with E-state index >= 15 is 0 Å². The van der Waals surface area contributed by atoms with Crippen molar-refractivity contribution in [2.45, 2.75) is 43.8 Å². The standard InChI is InChI=1S/C14H19N3O2/c1-19-12-6-2-9(8-16-12)14-11(15)5-7-13(18)17(14)10-3-4-10/h2,6,8,10-11,14H,3-5,7,15H2,1H3. The summed E-state index contributed by atoms with van der Waals surface area (Å²) >= 11 is 0. The Kier molecular flexibility index (Phi) is 3.14. The zero-order valence-corrected chi connectivity index (χ0v) is 11.1. The molecule has 1 aliphatic heterocycles. The van der Waals surface area contributed by atoms with Crippen molar-refractivity contribution in [3.05, 3.63) is 23.9 Å². The second-order valence-electron chi connectivity index (χ2n) is 5.31. The van der Waals surface area contributed by atoms with Gasteiger partial charge in [0.15, 0.2) is 0 Å². The minimum absolute atomic E-state index is 0.00602. The van der Waals surface area contributed by atoms with Gasteiger partial charge in [0, 0.05) is 30.8 Å². The number of hydrogen-bond acceptors (Lipinski definition) is 4. The van der Waals surface area contributed by atoms with Crippen LogP contribution in [0.25, 0.3) is 0 Å². The van der Waals surface area contributed by atoms with Gasteiger partial charge in [0.2, 0.25) is 11.8 Å². The third-order valence-electron chi connectivity index (χ3n) is 3.93. The molecule has 1 saturated carbocycles. The number of piperidine rings is 1. The quantitative estimate of drug-likeness (QED) is 0.889. The number of aromatic nitrogens is 1. The second kappa shape index (κ2) is 4.81. The Morgan fingerprint density at radius 2 is 2.16 bits per heavy atom. The number of carbonyl (C=O) groups is 1. The van der Waals surface area contributed by atoms with Crippen LogP contribution in [0, 0.1) is 0 Å². The smallest absolute Gasteiger partial charge is 0.223 e. The van der Waals surface area contributed by atoms with Gasteiger partial charge in [0.1, 0.15) is 0 Å². The van der Waals surface area contributed by atoms with E-state index in [-0.39, 0.29) is 18.0 Å². The molecule has 1 amide bonds. The second-order valence-corrected chi connectivity index (χ2v) is 5.31. The molecule has 102 valence electrons. The molecule has 5 nitrogen and oxygen atoms in total. The van der Waals surface area contributed by atoms with Crippen LogP contribution in [-0.2, 0) is 4.79 Å².